The summed E-state index contributed by atoms with van der Waals surface area (Å²) in [6, 6.07) is 10.7. The summed E-state index contributed by atoms with van der Waals surface area (Å²) in [5, 5.41) is 12.9. The zero-order valence-electron chi connectivity index (χ0n) is 12.8. The van der Waals surface area contributed by atoms with Crippen LogP contribution in [0.3, 0.4) is 0 Å². The molecular formula is C18H18FNO3. The average molecular weight is 315 g/mol. The van der Waals surface area contributed by atoms with E-state index in [1.807, 2.05) is 0 Å². The predicted molar refractivity (Wildman–Crippen MR) is 85.0 cm³/mol. The van der Waals surface area contributed by atoms with Crippen molar-refractivity contribution in [1.82, 2.24) is 0 Å². The molecule has 0 spiro atoms. The smallest absolute Gasteiger partial charge is 0.328 e. The molecule has 0 saturated carbocycles. The van der Waals surface area contributed by atoms with E-state index in [9.17, 15) is 14.3 Å². The molecule has 0 bridgehead atoms. The summed E-state index contributed by atoms with van der Waals surface area (Å²) in [5.74, 6) is -0.570. The summed E-state index contributed by atoms with van der Waals surface area (Å²) in [4.78, 5) is 12.1. The molecule has 0 aromatic heterocycles. The highest BCUT2D eigenvalue weighted by Gasteiger charge is 2.32. The van der Waals surface area contributed by atoms with Crippen molar-refractivity contribution in [3.05, 3.63) is 59.4 Å². The van der Waals surface area contributed by atoms with E-state index in [-0.39, 0.29) is 23.5 Å². The number of fused-ring (bicyclic) bond motifs is 1. The van der Waals surface area contributed by atoms with Gasteiger partial charge in [-0.25, -0.2) is 9.18 Å². The molecule has 0 radical (unpaired) electrons. The highest BCUT2D eigenvalue weighted by molar-refractivity contribution is 5.81. The summed E-state index contributed by atoms with van der Waals surface area (Å²) >= 11 is 0. The van der Waals surface area contributed by atoms with Crippen molar-refractivity contribution in [3.63, 3.8) is 0 Å². The molecule has 3 rings (SSSR count). The number of hydrogen-bond acceptors (Lipinski definition) is 4. The number of carbonyl (C=O) groups is 1. The monoisotopic (exact) mass is 315 g/mol. The number of esters is 1. The van der Waals surface area contributed by atoms with Gasteiger partial charge >= 0.3 is 5.97 Å². The van der Waals surface area contributed by atoms with Crippen LogP contribution in [0.15, 0.2) is 42.5 Å². The van der Waals surface area contributed by atoms with Crippen LogP contribution in [0.1, 0.15) is 30.4 Å². The Morgan fingerprint density at radius 3 is 2.74 bits per heavy atom. The largest absolute Gasteiger partial charge is 0.508 e. The van der Waals surface area contributed by atoms with Crippen LogP contribution in [0, 0.1) is 5.82 Å². The Labute approximate surface area is 133 Å². The van der Waals surface area contributed by atoms with Gasteiger partial charge in [-0.15, -0.1) is 0 Å². The SMILES string of the molecule is CCOC(=O)C1CC(c2ccc(F)cc2)c2cc(O)ccc2N1. The van der Waals surface area contributed by atoms with E-state index in [0.717, 1.165) is 16.8 Å². The molecule has 0 aliphatic carbocycles. The van der Waals surface area contributed by atoms with E-state index in [4.69, 9.17) is 4.74 Å². The standard InChI is InChI=1S/C18H18FNO3/c1-2-23-18(22)17-10-14(11-3-5-12(19)6-4-11)15-9-13(21)7-8-16(15)20-17/h3-9,14,17,20-21H,2,10H2,1H3. The second kappa shape index (κ2) is 6.28. The fourth-order valence-corrected chi connectivity index (χ4v) is 2.99. The summed E-state index contributed by atoms with van der Waals surface area (Å²) in [6.45, 7) is 2.09. The number of phenolic OH excluding ortho intramolecular Hbond substituents is 1. The lowest BCUT2D eigenvalue weighted by atomic mass is 9.82. The van der Waals surface area contributed by atoms with Crippen LogP contribution in [0.25, 0.3) is 0 Å². The lowest BCUT2D eigenvalue weighted by molar-refractivity contribution is -0.144. The fourth-order valence-electron chi connectivity index (χ4n) is 2.99. The molecule has 2 atom stereocenters. The molecule has 4 nitrogen and oxygen atoms in total. The molecule has 2 aromatic carbocycles. The molecule has 1 aliphatic heterocycles. The predicted octanol–water partition coefficient (Wildman–Crippen LogP) is 3.41. The van der Waals surface area contributed by atoms with Crippen molar-refractivity contribution in [1.29, 1.82) is 0 Å². The number of rotatable bonds is 3. The van der Waals surface area contributed by atoms with Crippen LogP contribution >= 0.6 is 0 Å². The molecule has 2 aromatic rings. The first-order chi connectivity index (χ1) is 11.1. The van der Waals surface area contributed by atoms with E-state index in [1.165, 1.54) is 12.1 Å². The first-order valence-corrected chi connectivity index (χ1v) is 7.60. The Balaban J connectivity index is 2.00. The number of phenols is 1. The van der Waals surface area contributed by atoms with Crippen LogP contribution < -0.4 is 5.32 Å². The molecule has 2 N–H and O–H groups in total. The lowest BCUT2D eigenvalue weighted by Gasteiger charge is -2.32. The van der Waals surface area contributed by atoms with Gasteiger partial charge in [0, 0.05) is 11.6 Å². The van der Waals surface area contributed by atoms with E-state index in [0.29, 0.717) is 13.0 Å². The Morgan fingerprint density at radius 1 is 1.30 bits per heavy atom. The van der Waals surface area contributed by atoms with Crippen LogP contribution in [-0.2, 0) is 9.53 Å². The molecule has 1 aliphatic rings. The average Bonchev–Trinajstić information content (AvgIpc) is 2.55. The number of ether oxygens (including phenoxy) is 1. The van der Waals surface area contributed by atoms with E-state index in [2.05, 4.69) is 5.32 Å². The van der Waals surface area contributed by atoms with E-state index < -0.39 is 6.04 Å². The Bertz CT molecular complexity index is 715. The highest BCUT2D eigenvalue weighted by Crippen LogP contribution is 2.40. The van der Waals surface area contributed by atoms with E-state index >= 15 is 0 Å². The minimum atomic E-state index is -0.470. The van der Waals surface area contributed by atoms with Crippen molar-refractivity contribution in [2.45, 2.75) is 25.3 Å². The molecule has 0 amide bonds. The minimum absolute atomic E-state index is 0.117. The number of hydrogen-bond donors (Lipinski definition) is 2. The maximum atomic E-state index is 13.2. The molecule has 120 valence electrons. The zero-order chi connectivity index (χ0) is 16.4. The van der Waals surface area contributed by atoms with Crippen molar-refractivity contribution in [2.24, 2.45) is 0 Å². The molecule has 0 saturated heterocycles. The highest BCUT2D eigenvalue weighted by atomic mass is 19.1. The minimum Gasteiger partial charge on any atom is -0.508 e. The lowest BCUT2D eigenvalue weighted by Crippen LogP contribution is -2.36. The fraction of sp³-hybridized carbons (Fsp3) is 0.278. The first kappa shape index (κ1) is 15.3. The third kappa shape index (κ3) is 3.13. The maximum Gasteiger partial charge on any atom is 0.328 e. The maximum absolute atomic E-state index is 13.2. The normalized spacial score (nSPS) is 19.6. The number of carbonyl (C=O) groups excluding carboxylic acids is 1. The second-order valence-electron chi connectivity index (χ2n) is 5.56. The first-order valence-electron chi connectivity index (χ1n) is 7.60. The van der Waals surface area contributed by atoms with Gasteiger partial charge in [-0.1, -0.05) is 12.1 Å². The van der Waals surface area contributed by atoms with Crippen LogP contribution in [0.5, 0.6) is 5.75 Å². The third-order valence-electron chi connectivity index (χ3n) is 4.06. The summed E-state index contributed by atoms with van der Waals surface area (Å²) in [6.07, 6.45) is 0.487. The Morgan fingerprint density at radius 2 is 2.04 bits per heavy atom. The third-order valence-corrected chi connectivity index (χ3v) is 4.06. The van der Waals surface area contributed by atoms with Gasteiger partial charge in [0.15, 0.2) is 0 Å². The molecule has 23 heavy (non-hydrogen) atoms. The Hall–Kier alpha value is -2.56. The van der Waals surface area contributed by atoms with Gasteiger partial charge in [0.1, 0.15) is 17.6 Å². The number of nitrogens with one attached hydrogen (secondary N) is 1. The van der Waals surface area contributed by atoms with Gasteiger partial charge in [0.05, 0.1) is 6.61 Å². The van der Waals surface area contributed by atoms with Gasteiger partial charge in [-0.05, 0) is 54.8 Å². The van der Waals surface area contributed by atoms with Crippen molar-refractivity contribution < 1.29 is 19.0 Å². The topological polar surface area (TPSA) is 58.6 Å². The Kier molecular flexibility index (Phi) is 4.19. The summed E-state index contributed by atoms with van der Waals surface area (Å²) in [5.41, 5.74) is 2.56. The van der Waals surface area contributed by atoms with Crippen molar-refractivity contribution in [2.75, 3.05) is 11.9 Å². The number of benzene rings is 2. The summed E-state index contributed by atoms with van der Waals surface area (Å²) in [7, 11) is 0. The van der Waals surface area contributed by atoms with Crippen LogP contribution in [0.2, 0.25) is 0 Å². The summed E-state index contributed by atoms with van der Waals surface area (Å²) < 4.78 is 18.3. The molecule has 2 unspecified atom stereocenters. The molecule has 0 fully saturated rings. The molecule has 5 heteroatoms. The van der Waals surface area contributed by atoms with Gasteiger partial charge < -0.3 is 15.2 Å². The van der Waals surface area contributed by atoms with Gasteiger partial charge in [0.25, 0.3) is 0 Å². The molecular weight excluding hydrogens is 297 g/mol. The molecule has 1 heterocycles. The number of anilines is 1. The van der Waals surface area contributed by atoms with Crippen LogP contribution in [0.4, 0.5) is 10.1 Å². The second-order valence-corrected chi connectivity index (χ2v) is 5.56. The number of halogens is 1. The van der Waals surface area contributed by atoms with Gasteiger partial charge in [-0.3, -0.25) is 0 Å². The van der Waals surface area contributed by atoms with E-state index in [1.54, 1.807) is 37.3 Å². The van der Waals surface area contributed by atoms with Crippen molar-refractivity contribution >= 4 is 11.7 Å². The van der Waals surface area contributed by atoms with Crippen LogP contribution in [-0.4, -0.2) is 23.7 Å². The van der Waals surface area contributed by atoms with Gasteiger partial charge in [0.2, 0.25) is 0 Å². The quantitative estimate of drug-likeness (QED) is 0.673. The zero-order valence-corrected chi connectivity index (χ0v) is 12.8. The van der Waals surface area contributed by atoms with Crippen molar-refractivity contribution in [3.8, 4) is 5.75 Å². The number of aromatic hydroxyl groups is 1. The van der Waals surface area contributed by atoms with Gasteiger partial charge in [-0.2, -0.15) is 0 Å².